The van der Waals surface area contributed by atoms with Crippen LogP contribution in [0, 0.1) is 6.92 Å². The van der Waals surface area contributed by atoms with Gasteiger partial charge in [-0.3, -0.25) is 14.5 Å². The second-order valence-corrected chi connectivity index (χ2v) is 8.34. The van der Waals surface area contributed by atoms with E-state index in [0.29, 0.717) is 35.0 Å². The van der Waals surface area contributed by atoms with Crippen LogP contribution >= 0.6 is 0 Å². The Morgan fingerprint density at radius 3 is 2.38 bits per heavy atom. The molecule has 6 heteroatoms. The minimum Gasteiger partial charge on any atom is -0.454 e. The number of amides is 2. The maximum Gasteiger partial charge on any atom is 0.278 e. The number of rotatable bonds is 10. The molecular weight excluding hydrogens is 404 g/mol. The third-order valence-electron chi connectivity index (χ3n) is 5.89. The third-order valence-corrected chi connectivity index (χ3v) is 5.89. The molecule has 0 bridgehead atoms. The number of imide groups is 1. The number of benzene rings is 2. The summed E-state index contributed by atoms with van der Waals surface area (Å²) in [5.74, 6) is 0.766. The average Bonchev–Trinajstić information content (AvgIpc) is 3.35. The second-order valence-electron chi connectivity index (χ2n) is 8.34. The van der Waals surface area contributed by atoms with E-state index in [2.05, 4.69) is 12.2 Å². The zero-order valence-electron chi connectivity index (χ0n) is 18.8. The van der Waals surface area contributed by atoms with E-state index >= 15 is 0 Å². The molecular formula is C26H30N2O4. The molecule has 0 unspecified atom stereocenters. The van der Waals surface area contributed by atoms with Gasteiger partial charge >= 0.3 is 0 Å². The molecule has 0 fully saturated rings. The fourth-order valence-corrected chi connectivity index (χ4v) is 4.05. The van der Waals surface area contributed by atoms with Crippen LogP contribution in [0.3, 0.4) is 0 Å². The van der Waals surface area contributed by atoms with Crippen molar-refractivity contribution in [2.24, 2.45) is 0 Å². The number of fused-ring (bicyclic) bond motifs is 1. The molecule has 0 radical (unpaired) electrons. The van der Waals surface area contributed by atoms with Gasteiger partial charge in [-0.25, -0.2) is 0 Å². The van der Waals surface area contributed by atoms with E-state index in [1.807, 2.05) is 37.3 Å². The van der Waals surface area contributed by atoms with E-state index in [0.717, 1.165) is 30.4 Å². The summed E-state index contributed by atoms with van der Waals surface area (Å²) in [6.45, 7) is 4.80. The second kappa shape index (κ2) is 9.90. The molecule has 6 nitrogen and oxygen atoms in total. The lowest BCUT2D eigenvalue weighted by molar-refractivity contribution is -0.136. The number of nitrogens with zero attached hydrogens (tertiary/aromatic N) is 1. The zero-order chi connectivity index (χ0) is 22.5. The molecule has 1 N–H and O–H groups in total. The van der Waals surface area contributed by atoms with Gasteiger partial charge in [0.2, 0.25) is 6.79 Å². The van der Waals surface area contributed by atoms with Crippen LogP contribution in [0.4, 0.5) is 5.69 Å². The van der Waals surface area contributed by atoms with E-state index < -0.39 is 0 Å². The summed E-state index contributed by atoms with van der Waals surface area (Å²) >= 11 is 0. The monoisotopic (exact) mass is 434 g/mol. The first-order valence-corrected chi connectivity index (χ1v) is 11.4. The highest BCUT2D eigenvalue weighted by molar-refractivity contribution is 6.36. The van der Waals surface area contributed by atoms with E-state index in [1.54, 1.807) is 12.1 Å². The van der Waals surface area contributed by atoms with Crippen molar-refractivity contribution in [2.45, 2.75) is 52.4 Å². The van der Waals surface area contributed by atoms with Gasteiger partial charge in [0.1, 0.15) is 5.70 Å². The molecule has 2 amide bonds. The van der Waals surface area contributed by atoms with Gasteiger partial charge in [0, 0.05) is 18.3 Å². The number of unbranched alkanes of at least 4 members (excludes halogenated alkanes) is 5. The number of carbonyl (C=O) groups excluding carboxylic acids is 2. The van der Waals surface area contributed by atoms with E-state index in [9.17, 15) is 9.59 Å². The van der Waals surface area contributed by atoms with Gasteiger partial charge < -0.3 is 14.8 Å². The first-order chi connectivity index (χ1) is 15.6. The highest BCUT2D eigenvalue weighted by atomic mass is 16.7. The molecule has 2 aliphatic rings. The van der Waals surface area contributed by atoms with E-state index in [1.165, 1.54) is 24.2 Å². The molecule has 2 heterocycles. The number of nitrogens with one attached hydrogen (secondary N) is 1. The summed E-state index contributed by atoms with van der Waals surface area (Å²) in [6, 6.07) is 13.1. The van der Waals surface area contributed by atoms with E-state index in [4.69, 9.17) is 9.47 Å². The van der Waals surface area contributed by atoms with Crippen LogP contribution < -0.4 is 14.8 Å². The topological polar surface area (TPSA) is 67.9 Å². The van der Waals surface area contributed by atoms with Crippen molar-refractivity contribution in [3.05, 3.63) is 59.3 Å². The van der Waals surface area contributed by atoms with Crippen LogP contribution in [0.15, 0.2) is 48.2 Å². The molecule has 0 aromatic heterocycles. The van der Waals surface area contributed by atoms with Crippen LogP contribution in [0.2, 0.25) is 0 Å². The summed E-state index contributed by atoms with van der Waals surface area (Å²) < 4.78 is 10.8. The van der Waals surface area contributed by atoms with Crippen LogP contribution in [0.5, 0.6) is 11.5 Å². The molecule has 0 saturated heterocycles. The fourth-order valence-electron chi connectivity index (χ4n) is 4.05. The Morgan fingerprint density at radius 2 is 1.59 bits per heavy atom. The predicted octanol–water partition coefficient (Wildman–Crippen LogP) is 5.28. The minimum absolute atomic E-state index is 0.180. The van der Waals surface area contributed by atoms with E-state index in [-0.39, 0.29) is 18.6 Å². The number of carbonyl (C=O) groups is 2. The van der Waals surface area contributed by atoms with Gasteiger partial charge in [0.05, 0.1) is 5.57 Å². The lowest BCUT2D eigenvalue weighted by Crippen LogP contribution is -2.33. The number of hydrogen-bond acceptors (Lipinski definition) is 5. The van der Waals surface area contributed by atoms with Crippen LogP contribution in [-0.2, 0) is 9.59 Å². The Morgan fingerprint density at radius 1 is 0.875 bits per heavy atom. The van der Waals surface area contributed by atoms with Crippen LogP contribution in [0.1, 0.15) is 56.6 Å². The molecule has 0 spiro atoms. The van der Waals surface area contributed by atoms with Crippen molar-refractivity contribution < 1.29 is 19.1 Å². The number of ether oxygens (including phenoxy) is 2. The maximum atomic E-state index is 13.3. The van der Waals surface area contributed by atoms with Crippen molar-refractivity contribution in [3.8, 4) is 11.5 Å². The van der Waals surface area contributed by atoms with Gasteiger partial charge in [0.15, 0.2) is 11.5 Å². The summed E-state index contributed by atoms with van der Waals surface area (Å²) in [6.07, 6.45) is 6.58. The summed E-state index contributed by atoms with van der Waals surface area (Å²) in [4.78, 5) is 28.0. The van der Waals surface area contributed by atoms with Gasteiger partial charge in [-0.05, 0) is 31.0 Å². The summed E-state index contributed by atoms with van der Waals surface area (Å²) in [7, 11) is 0. The molecule has 2 aromatic rings. The lowest BCUT2D eigenvalue weighted by atomic mass is 10.0. The summed E-state index contributed by atoms with van der Waals surface area (Å²) in [5, 5.41) is 3.19. The van der Waals surface area contributed by atoms with Gasteiger partial charge in [-0.1, -0.05) is 68.9 Å². The fraction of sp³-hybridized carbons (Fsp3) is 0.385. The predicted molar refractivity (Wildman–Crippen MR) is 124 cm³/mol. The molecule has 0 atom stereocenters. The van der Waals surface area contributed by atoms with Crippen molar-refractivity contribution in [1.29, 1.82) is 0 Å². The Kier molecular flexibility index (Phi) is 6.78. The Bertz CT molecular complexity index is 1030. The Balaban J connectivity index is 1.56. The number of hydrogen-bond donors (Lipinski definition) is 1. The first-order valence-electron chi connectivity index (χ1n) is 11.4. The molecule has 0 saturated carbocycles. The maximum absolute atomic E-state index is 13.3. The average molecular weight is 435 g/mol. The zero-order valence-corrected chi connectivity index (χ0v) is 18.8. The highest BCUT2D eigenvalue weighted by Crippen LogP contribution is 2.36. The van der Waals surface area contributed by atoms with Crippen molar-refractivity contribution in [3.63, 3.8) is 0 Å². The third kappa shape index (κ3) is 4.64. The van der Waals surface area contributed by atoms with Crippen molar-refractivity contribution in [2.75, 3.05) is 18.7 Å². The van der Waals surface area contributed by atoms with Crippen molar-refractivity contribution >= 4 is 23.1 Å². The molecule has 168 valence electrons. The Hall–Kier alpha value is -3.28. The van der Waals surface area contributed by atoms with Crippen LogP contribution in [-0.4, -0.2) is 30.1 Å². The number of aryl methyl sites for hydroxylation is 1. The normalized spacial score (nSPS) is 15.1. The quantitative estimate of drug-likeness (QED) is 0.407. The smallest absolute Gasteiger partial charge is 0.278 e. The largest absolute Gasteiger partial charge is 0.454 e. The summed E-state index contributed by atoms with van der Waals surface area (Å²) in [5.41, 5.74) is 3.24. The van der Waals surface area contributed by atoms with Gasteiger partial charge in [-0.15, -0.1) is 0 Å². The SMILES string of the molecule is CCCCCCCCN1C(=O)C(Nc2ccc3c(c2)OCO3)=C(c2ccc(C)cc2)C1=O. The lowest BCUT2D eigenvalue weighted by Gasteiger charge is -2.15. The highest BCUT2D eigenvalue weighted by Gasteiger charge is 2.38. The Labute approximate surface area is 189 Å². The van der Waals surface area contributed by atoms with Gasteiger partial charge in [-0.2, -0.15) is 0 Å². The molecule has 0 aliphatic carbocycles. The standard InChI is InChI=1S/C26H30N2O4/c1-3-4-5-6-7-8-15-28-25(29)23(19-11-9-18(2)10-12-19)24(26(28)30)27-20-13-14-21-22(16-20)32-17-31-21/h9-14,16,27H,3-8,15,17H2,1-2H3. The van der Waals surface area contributed by atoms with Gasteiger partial charge in [0.25, 0.3) is 11.8 Å². The first kappa shape index (κ1) is 21.9. The molecule has 4 rings (SSSR count). The number of anilines is 1. The minimum atomic E-state index is -0.281. The molecule has 2 aromatic carbocycles. The van der Waals surface area contributed by atoms with Crippen LogP contribution in [0.25, 0.3) is 5.57 Å². The molecule has 2 aliphatic heterocycles. The molecule has 32 heavy (non-hydrogen) atoms. The van der Waals surface area contributed by atoms with Crippen molar-refractivity contribution in [1.82, 2.24) is 4.90 Å².